The fourth-order valence-electron chi connectivity index (χ4n) is 4.00. The van der Waals surface area contributed by atoms with E-state index >= 15 is 0 Å². The molecular weight excluding hydrogens is 240 g/mol. The van der Waals surface area contributed by atoms with Crippen molar-refractivity contribution in [2.24, 2.45) is 17.8 Å². The van der Waals surface area contributed by atoms with Gasteiger partial charge in [-0.05, 0) is 50.4 Å². The summed E-state index contributed by atoms with van der Waals surface area (Å²) in [6.45, 7) is 4.61. The molecule has 0 aromatic heterocycles. The summed E-state index contributed by atoms with van der Waals surface area (Å²) in [7, 11) is 0. The number of fused-ring (bicyclic) bond motifs is 1. The second kappa shape index (κ2) is 6.38. The summed E-state index contributed by atoms with van der Waals surface area (Å²) in [6.07, 6.45) is 11.2. The largest absolute Gasteiger partial charge is 0.378 e. The summed E-state index contributed by atoms with van der Waals surface area (Å²) >= 11 is 0. The Kier molecular flexibility index (Phi) is 4.57. The molecule has 0 aromatic carbocycles. The molecule has 2 saturated heterocycles. The van der Waals surface area contributed by atoms with Crippen LogP contribution in [0.5, 0.6) is 0 Å². The van der Waals surface area contributed by atoms with Gasteiger partial charge in [-0.1, -0.05) is 12.2 Å². The third kappa shape index (κ3) is 3.21. The fraction of sp³-hybridized carbons (Fsp3) is 0.875. The summed E-state index contributed by atoms with van der Waals surface area (Å²) in [5.74, 6) is 2.10. The highest BCUT2D eigenvalue weighted by molar-refractivity contribution is 4.97. The number of hydrogen-bond donors (Lipinski definition) is 0. The Morgan fingerprint density at radius 1 is 1.05 bits per heavy atom. The SMILES string of the molecule is C/C=C\[C@@H]1C[C@H]2OCCC[C@@H]2C[C@@H]1CC1OCCO1. The third-order valence-electron chi connectivity index (χ3n) is 4.92. The number of allylic oxidation sites excluding steroid dienone is 2. The maximum Gasteiger partial charge on any atom is 0.158 e. The van der Waals surface area contributed by atoms with Gasteiger partial charge in [-0.25, -0.2) is 0 Å². The number of ether oxygens (including phenoxy) is 3. The van der Waals surface area contributed by atoms with E-state index in [1.54, 1.807) is 0 Å². The minimum absolute atomic E-state index is 0.0406. The van der Waals surface area contributed by atoms with Crippen molar-refractivity contribution < 1.29 is 14.2 Å². The molecule has 3 heteroatoms. The molecule has 2 aliphatic heterocycles. The first-order valence-corrected chi connectivity index (χ1v) is 7.84. The standard InChI is InChI=1S/C16H26O3/c1-2-4-12-10-15-13(5-3-6-17-15)9-14(12)11-16-18-7-8-19-16/h2,4,12-16H,3,5-11H2,1H3/b4-2-/t12-,13-,14-,15-/m1/s1. The van der Waals surface area contributed by atoms with Crippen LogP contribution < -0.4 is 0 Å². The predicted molar refractivity (Wildman–Crippen MR) is 73.8 cm³/mol. The van der Waals surface area contributed by atoms with Gasteiger partial charge in [-0.3, -0.25) is 0 Å². The molecule has 0 N–H and O–H groups in total. The minimum atomic E-state index is 0.0406. The van der Waals surface area contributed by atoms with E-state index in [2.05, 4.69) is 19.1 Å². The molecule has 3 rings (SSSR count). The minimum Gasteiger partial charge on any atom is -0.378 e. The van der Waals surface area contributed by atoms with Gasteiger partial charge in [0.1, 0.15) is 0 Å². The van der Waals surface area contributed by atoms with Crippen molar-refractivity contribution in [3.05, 3.63) is 12.2 Å². The Morgan fingerprint density at radius 3 is 2.68 bits per heavy atom. The van der Waals surface area contributed by atoms with E-state index in [1.165, 1.54) is 25.7 Å². The Labute approximate surface area is 116 Å². The summed E-state index contributed by atoms with van der Waals surface area (Å²) in [4.78, 5) is 0. The highest BCUT2D eigenvalue weighted by Crippen LogP contribution is 2.43. The Morgan fingerprint density at radius 2 is 1.89 bits per heavy atom. The van der Waals surface area contributed by atoms with Crippen molar-refractivity contribution in [1.29, 1.82) is 0 Å². The van der Waals surface area contributed by atoms with Gasteiger partial charge in [0, 0.05) is 13.0 Å². The molecule has 2 heterocycles. The zero-order chi connectivity index (χ0) is 13.1. The van der Waals surface area contributed by atoms with Crippen LogP contribution in [0.4, 0.5) is 0 Å². The fourth-order valence-corrected chi connectivity index (χ4v) is 4.00. The van der Waals surface area contributed by atoms with Crippen molar-refractivity contribution in [2.45, 2.75) is 51.4 Å². The zero-order valence-electron chi connectivity index (χ0n) is 11.9. The van der Waals surface area contributed by atoms with Crippen molar-refractivity contribution >= 4 is 0 Å². The normalized spacial score (nSPS) is 40.7. The van der Waals surface area contributed by atoms with Gasteiger partial charge in [0.25, 0.3) is 0 Å². The van der Waals surface area contributed by atoms with Crippen LogP contribution in [-0.2, 0) is 14.2 Å². The quantitative estimate of drug-likeness (QED) is 0.734. The average Bonchev–Trinajstić information content (AvgIpc) is 2.93. The van der Waals surface area contributed by atoms with Crippen LogP contribution in [0.3, 0.4) is 0 Å². The highest BCUT2D eigenvalue weighted by Gasteiger charge is 2.39. The molecule has 19 heavy (non-hydrogen) atoms. The second-order valence-corrected chi connectivity index (χ2v) is 6.14. The lowest BCUT2D eigenvalue weighted by molar-refractivity contribution is -0.0971. The van der Waals surface area contributed by atoms with Gasteiger partial charge >= 0.3 is 0 Å². The van der Waals surface area contributed by atoms with Crippen molar-refractivity contribution in [2.75, 3.05) is 19.8 Å². The van der Waals surface area contributed by atoms with Crippen molar-refractivity contribution in [3.8, 4) is 0 Å². The molecule has 1 aliphatic carbocycles. The first kappa shape index (κ1) is 13.6. The average molecular weight is 266 g/mol. The third-order valence-corrected chi connectivity index (χ3v) is 4.92. The summed E-state index contributed by atoms with van der Waals surface area (Å²) in [5.41, 5.74) is 0. The highest BCUT2D eigenvalue weighted by atomic mass is 16.7. The summed E-state index contributed by atoms with van der Waals surface area (Å²) in [5, 5.41) is 0. The van der Waals surface area contributed by atoms with E-state index in [0.717, 1.165) is 32.2 Å². The van der Waals surface area contributed by atoms with Crippen LogP contribution in [0.15, 0.2) is 12.2 Å². The Balaban J connectivity index is 1.64. The predicted octanol–water partition coefficient (Wildman–Crippen LogP) is 3.15. The van der Waals surface area contributed by atoms with Gasteiger partial charge in [-0.15, -0.1) is 0 Å². The van der Waals surface area contributed by atoms with E-state index < -0.39 is 0 Å². The van der Waals surface area contributed by atoms with E-state index in [4.69, 9.17) is 14.2 Å². The lowest BCUT2D eigenvalue weighted by Crippen LogP contribution is -2.40. The van der Waals surface area contributed by atoms with Crippen LogP contribution in [0.25, 0.3) is 0 Å². The first-order valence-electron chi connectivity index (χ1n) is 7.84. The van der Waals surface area contributed by atoms with E-state index in [1.807, 2.05) is 0 Å². The molecule has 3 nitrogen and oxygen atoms in total. The molecule has 0 spiro atoms. The molecule has 4 atom stereocenters. The molecule has 0 bridgehead atoms. The molecule has 0 aromatic rings. The van der Waals surface area contributed by atoms with E-state index in [0.29, 0.717) is 17.9 Å². The number of hydrogen-bond acceptors (Lipinski definition) is 3. The Hall–Kier alpha value is -0.380. The lowest BCUT2D eigenvalue weighted by atomic mass is 9.69. The van der Waals surface area contributed by atoms with Crippen LogP contribution >= 0.6 is 0 Å². The maximum absolute atomic E-state index is 5.98. The second-order valence-electron chi connectivity index (χ2n) is 6.14. The molecule has 0 amide bonds. The number of rotatable bonds is 3. The maximum atomic E-state index is 5.98. The summed E-state index contributed by atoms with van der Waals surface area (Å²) < 4.78 is 17.3. The molecule has 3 aliphatic rings. The van der Waals surface area contributed by atoms with Crippen LogP contribution in [-0.4, -0.2) is 32.2 Å². The molecular formula is C16H26O3. The van der Waals surface area contributed by atoms with Gasteiger partial charge in [0.15, 0.2) is 6.29 Å². The zero-order valence-corrected chi connectivity index (χ0v) is 11.9. The van der Waals surface area contributed by atoms with Crippen LogP contribution in [0.2, 0.25) is 0 Å². The molecule has 0 radical (unpaired) electrons. The summed E-state index contributed by atoms with van der Waals surface area (Å²) in [6, 6.07) is 0. The first-order chi connectivity index (χ1) is 9.36. The lowest BCUT2D eigenvalue weighted by Gasteiger charge is -2.43. The van der Waals surface area contributed by atoms with Gasteiger partial charge in [-0.2, -0.15) is 0 Å². The van der Waals surface area contributed by atoms with E-state index in [9.17, 15) is 0 Å². The topological polar surface area (TPSA) is 27.7 Å². The smallest absolute Gasteiger partial charge is 0.158 e. The van der Waals surface area contributed by atoms with Gasteiger partial charge in [0.05, 0.1) is 19.3 Å². The molecule has 108 valence electrons. The monoisotopic (exact) mass is 266 g/mol. The Bertz CT molecular complexity index is 309. The molecule has 1 saturated carbocycles. The van der Waals surface area contributed by atoms with E-state index in [-0.39, 0.29) is 6.29 Å². The van der Waals surface area contributed by atoms with Gasteiger partial charge in [0.2, 0.25) is 0 Å². The van der Waals surface area contributed by atoms with Crippen LogP contribution in [0, 0.1) is 17.8 Å². The molecule has 0 unspecified atom stereocenters. The van der Waals surface area contributed by atoms with Crippen molar-refractivity contribution in [1.82, 2.24) is 0 Å². The molecule has 3 fully saturated rings. The van der Waals surface area contributed by atoms with Gasteiger partial charge < -0.3 is 14.2 Å². The van der Waals surface area contributed by atoms with Crippen LogP contribution in [0.1, 0.15) is 39.0 Å². The van der Waals surface area contributed by atoms with Crippen molar-refractivity contribution in [3.63, 3.8) is 0 Å².